The Hall–Kier alpha value is -1.16. The predicted octanol–water partition coefficient (Wildman–Crippen LogP) is -0.740. The summed E-state index contributed by atoms with van der Waals surface area (Å²) in [5.41, 5.74) is 5.99. The quantitative estimate of drug-likeness (QED) is 0.506. The molecule has 0 saturated heterocycles. The zero-order valence-corrected chi connectivity index (χ0v) is 6.33. The summed E-state index contributed by atoms with van der Waals surface area (Å²) in [6.07, 6.45) is 1.69. The number of rotatable bonds is 1. The first-order chi connectivity index (χ1) is 5.15. The van der Waals surface area contributed by atoms with Crippen LogP contribution in [0.4, 0.5) is 0 Å². The Morgan fingerprint density at radius 3 is 2.73 bits per heavy atom. The minimum atomic E-state index is -0.276. The highest BCUT2D eigenvalue weighted by Crippen LogP contribution is 2.09. The van der Waals surface area contributed by atoms with E-state index in [4.69, 9.17) is 5.73 Å². The smallest absolute Gasteiger partial charge is 0.252 e. The first-order valence-corrected chi connectivity index (χ1v) is 3.35. The number of likely N-dealkylation sites (N-methyl/N-ethyl adjacent to an activating group) is 1. The SMILES string of the molecule is CN1C(=O)C=C(CN)CC1=O. The molecule has 1 aliphatic heterocycles. The number of nitrogens with two attached hydrogens (primary N) is 1. The van der Waals surface area contributed by atoms with E-state index in [1.165, 1.54) is 13.1 Å². The second kappa shape index (κ2) is 2.84. The third kappa shape index (κ3) is 1.46. The average Bonchev–Trinajstić information content (AvgIpc) is 1.99. The monoisotopic (exact) mass is 154 g/mol. The van der Waals surface area contributed by atoms with Crippen LogP contribution >= 0.6 is 0 Å². The summed E-state index contributed by atoms with van der Waals surface area (Å²) < 4.78 is 0. The minimum absolute atomic E-state index is 0.182. The lowest BCUT2D eigenvalue weighted by Crippen LogP contribution is -2.36. The molecule has 1 rings (SSSR count). The molecular formula is C7H10N2O2. The molecule has 0 aromatic rings. The van der Waals surface area contributed by atoms with Crippen molar-refractivity contribution >= 4 is 11.8 Å². The second-order valence-corrected chi connectivity index (χ2v) is 2.47. The summed E-state index contributed by atoms with van der Waals surface area (Å²) in [4.78, 5) is 23.0. The van der Waals surface area contributed by atoms with Gasteiger partial charge in [-0.15, -0.1) is 0 Å². The standard InChI is InChI=1S/C7H10N2O2/c1-9-6(10)2-5(4-8)3-7(9)11/h2H,3-4,8H2,1H3. The molecule has 0 aromatic heterocycles. The maximum Gasteiger partial charge on any atom is 0.252 e. The Morgan fingerprint density at radius 2 is 2.27 bits per heavy atom. The first-order valence-electron chi connectivity index (χ1n) is 3.35. The van der Waals surface area contributed by atoms with Gasteiger partial charge >= 0.3 is 0 Å². The van der Waals surface area contributed by atoms with Crippen LogP contribution in [0.3, 0.4) is 0 Å². The van der Waals surface area contributed by atoms with Gasteiger partial charge in [-0.05, 0) is 5.57 Å². The van der Waals surface area contributed by atoms with Crippen LogP contribution < -0.4 is 5.73 Å². The molecule has 0 unspecified atom stereocenters. The molecule has 0 aliphatic carbocycles. The van der Waals surface area contributed by atoms with E-state index in [0.29, 0.717) is 5.57 Å². The van der Waals surface area contributed by atoms with E-state index in [9.17, 15) is 9.59 Å². The molecule has 4 heteroatoms. The fourth-order valence-electron chi connectivity index (χ4n) is 0.889. The topological polar surface area (TPSA) is 63.4 Å². The fraction of sp³-hybridized carbons (Fsp3) is 0.429. The van der Waals surface area contributed by atoms with Crippen molar-refractivity contribution in [2.75, 3.05) is 13.6 Å². The highest BCUT2D eigenvalue weighted by atomic mass is 16.2. The third-order valence-electron chi connectivity index (χ3n) is 1.67. The van der Waals surface area contributed by atoms with E-state index in [0.717, 1.165) is 4.90 Å². The summed E-state index contributed by atoms with van der Waals surface area (Å²) >= 11 is 0. The van der Waals surface area contributed by atoms with Gasteiger partial charge in [-0.25, -0.2) is 0 Å². The summed E-state index contributed by atoms with van der Waals surface area (Å²) in [7, 11) is 1.47. The van der Waals surface area contributed by atoms with Crippen LogP contribution in [-0.4, -0.2) is 30.3 Å². The van der Waals surface area contributed by atoms with Gasteiger partial charge in [-0.1, -0.05) is 0 Å². The molecule has 1 heterocycles. The lowest BCUT2D eigenvalue weighted by molar-refractivity contribution is -0.140. The van der Waals surface area contributed by atoms with Gasteiger partial charge in [0.2, 0.25) is 5.91 Å². The Balaban J connectivity index is 2.85. The Morgan fingerprint density at radius 1 is 1.64 bits per heavy atom. The fourth-order valence-corrected chi connectivity index (χ4v) is 0.889. The molecule has 60 valence electrons. The van der Waals surface area contributed by atoms with Crippen molar-refractivity contribution in [2.24, 2.45) is 5.73 Å². The van der Waals surface area contributed by atoms with Gasteiger partial charge in [0, 0.05) is 26.1 Å². The highest BCUT2D eigenvalue weighted by Gasteiger charge is 2.21. The molecule has 0 aromatic carbocycles. The molecule has 0 saturated carbocycles. The molecule has 4 nitrogen and oxygen atoms in total. The molecule has 0 atom stereocenters. The van der Waals surface area contributed by atoms with Crippen molar-refractivity contribution < 1.29 is 9.59 Å². The van der Waals surface area contributed by atoms with Crippen LogP contribution in [0.5, 0.6) is 0 Å². The number of hydrogen-bond acceptors (Lipinski definition) is 3. The molecule has 11 heavy (non-hydrogen) atoms. The van der Waals surface area contributed by atoms with Crippen LogP contribution in [-0.2, 0) is 9.59 Å². The summed E-state index contributed by atoms with van der Waals surface area (Å²) in [6, 6.07) is 0. The second-order valence-electron chi connectivity index (χ2n) is 2.47. The zero-order chi connectivity index (χ0) is 8.43. The largest absolute Gasteiger partial charge is 0.327 e. The van der Waals surface area contributed by atoms with Crippen molar-refractivity contribution in [3.63, 3.8) is 0 Å². The van der Waals surface area contributed by atoms with Gasteiger partial charge in [-0.3, -0.25) is 14.5 Å². The lowest BCUT2D eigenvalue weighted by Gasteiger charge is -2.19. The average molecular weight is 154 g/mol. The molecule has 2 N–H and O–H groups in total. The number of carbonyl (C=O) groups is 2. The van der Waals surface area contributed by atoms with Crippen LogP contribution in [0.25, 0.3) is 0 Å². The first kappa shape index (κ1) is 7.94. The molecule has 1 aliphatic rings. The highest BCUT2D eigenvalue weighted by molar-refractivity contribution is 6.04. The van der Waals surface area contributed by atoms with Crippen molar-refractivity contribution in [1.82, 2.24) is 4.90 Å². The van der Waals surface area contributed by atoms with Crippen LogP contribution in [0.1, 0.15) is 6.42 Å². The predicted molar refractivity (Wildman–Crippen MR) is 39.5 cm³/mol. The summed E-state index contributed by atoms with van der Waals surface area (Å²) in [5.74, 6) is -0.459. The van der Waals surface area contributed by atoms with Gasteiger partial charge in [0.1, 0.15) is 0 Å². The maximum absolute atomic E-state index is 11.0. The number of amides is 2. The van der Waals surface area contributed by atoms with Crippen LogP contribution in [0.15, 0.2) is 11.6 Å². The normalized spacial score (nSPS) is 18.7. The van der Waals surface area contributed by atoms with E-state index in [-0.39, 0.29) is 24.8 Å². The van der Waals surface area contributed by atoms with E-state index < -0.39 is 0 Å². The van der Waals surface area contributed by atoms with E-state index in [1.54, 1.807) is 0 Å². The maximum atomic E-state index is 11.0. The van der Waals surface area contributed by atoms with E-state index in [2.05, 4.69) is 0 Å². The molecular weight excluding hydrogens is 144 g/mol. The van der Waals surface area contributed by atoms with Crippen LogP contribution in [0.2, 0.25) is 0 Å². The van der Waals surface area contributed by atoms with Gasteiger partial charge in [-0.2, -0.15) is 0 Å². The van der Waals surface area contributed by atoms with Crippen molar-refractivity contribution in [2.45, 2.75) is 6.42 Å². The van der Waals surface area contributed by atoms with Crippen molar-refractivity contribution in [3.05, 3.63) is 11.6 Å². The van der Waals surface area contributed by atoms with Gasteiger partial charge < -0.3 is 5.73 Å². The molecule has 0 radical (unpaired) electrons. The van der Waals surface area contributed by atoms with Gasteiger partial charge in [0.15, 0.2) is 0 Å². The molecule has 2 amide bonds. The Labute approximate surface area is 64.7 Å². The number of imide groups is 1. The van der Waals surface area contributed by atoms with E-state index >= 15 is 0 Å². The molecule has 0 bridgehead atoms. The molecule has 0 spiro atoms. The van der Waals surface area contributed by atoms with Gasteiger partial charge in [0.25, 0.3) is 5.91 Å². The third-order valence-corrected chi connectivity index (χ3v) is 1.67. The Kier molecular flexibility index (Phi) is 2.05. The molecule has 0 fully saturated rings. The van der Waals surface area contributed by atoms with Crippen molar-refractivity contribution in [3.8, 4) is 0 Å². The summed E-state index contributed by atoms with van der Waals surface area (Å²) in [5, 5.41) is 0. The minimum Gasteiger partial charge on any atom is -0.327 e. The van der Waals surface area contributed by atoms with Crippen molar-refractivity contribution in [1.29, 1.82) is 0 Å². The number of nitrogens with zero attached hydrogens (tertiary/aromatic N) is 1. The summed E-state index contributed by atoms with van der Waals surface area (Å²) in [6.45, 7) is 0.283. The van der Waals surface area contributed by atoms with Gasteiger partial charge in [0.05, 0.1) is 0 Å². The number of carbonyl (C=O) groups excluding carboxylic acids is 2. The number of hydrogen-bond donors (Lipinski definition) is 1. The van der Waals surface area contributed by atoms with Crippen LogP contribution in [0, 0.1) is 0 Å². The zero-order valence-electron chi connectivity index (χ0n) is 6.33. The Bertz CT molecular complexity index is 233. The van der Waals surface area contributed by atoms with E-state index in [1.807, 2.05) is 0 Å². The lowest BCUT2D eigenvalue weighted by atomic mass is 10.1.